The van der Waals surface area contributed by atoms with Crippen molar-refractivity contribution in [2.45, 2.75) is 6.54 Å². The maximum Gasteiger partial charge on any atom is 0.201 e. The highest BCUT2D eigenvalue weighted by Crippen LogP contribution is 2.26. The van der Waals surface area contributed by atoms with E-state index >= 15 is 0 Å². The van der Waals surface area contributed by atoms with Crippen LogP contribution in [0.4, 0.5) is 10.3 Å². The molecule has 0 radical (unpaired) electrons. The van der Waals surface area contributed by atoms with Crippen LogP contribution in [0.1, 0.15) is 4.88 Å². The van der Waals surface area contributed by atoms with Crippen LogP contribution in [0.25, 0.3) is 11.0 Å². The molecule has 0 saturated carbocycles. The Morgan fingerprint density at radius 1 is 1.33 bits per heavy atom. The zero-order chi connectivity index (χ0) is 12.7. The van der Waals surface area contributed by atoms with E-state index < -0.39 is 0 Å². The maximum atomic E-state index is 13.3. The van der Waals surface area contributed by atoms with Gasteiger partial charge >= 0.3 is 0 Å². The number of nitrogens with two attached hydrogens (primary N) is 1. The van der Waals surface area contributed by atoms with Gasteiger partial charge in [0.2, 0.25) is 5.95 Å². The highest BCUT2D eigenvalue weighted by Gasteiger charge is 2.10. The van der Waals surface area contributed by atoms with Crippen molar-refractivity contribution in [2.75, 3.05) is 5.73 Å². The van der Waals surface area contributed by atoms with Gasteiger partial charge in [0.15, 0.2) is 0 Å². The SMILES string of the molecule is Nc1nc2ccc(F)cc2n1Cc1ccc(Br)s1. The first-order valence-electron chi connectivity index (χ1n) is 5.29. The molecule has 6 heteroatoms. The van der Waals surface area contributed by atoms with Crippen LogP contribution in [-0.2, 0) is 6.54 Å². The molecule has 92 valence electrons. The van der Waals surface area contributed by atoms with E-state index in [0.717, 1.165) is 14.2 Å². The number of aromatic nitrogens is 2. The molecule has 3 aromatic rings. The molecule has 18 heavy (non-hydrogen) atoms. The second-order valence-electron chi connectivity index (χ2n) is 3.90. The summed E-state index contributed by atoms with van der Waals surface area (Å²) in [6, 6.07) is 8.49. The number of benzene rings is 1. The average Bonchev–Trinajstić information content (AvgIpc) is 2.86. The topological polar surface area (TPSA) is 43.8 Å². The van der Waals surface area contributed by atoms with Crippen LogP contribution in [-0.4, -0.2) is 9.55 Å². The zero-order valence-electron chi connectivity index (χ0n) is 9.23. The number of imidazole rings is 1. The van der Waals surface area contributed by atoms with Crippen molar-refractivity contribution in [2.24, 2.45) is 0 Å². The van der Waals surface area contributed by atoms with Gasteiger partial charge in [-0.25, -0.2) is 9.37 Å². The smallest absolute Gasteiger partial charge is 0.201 e. The van der Waals surface area contributed by atoms with E-state index in [1.165, 1.54) is 12.1 Å². The summed E-state index contributed by atoms with van der Waals surface area (Å²) in [6.07, 6.45) is 0. The number of nitrogen functional groups attached to an aromatic ring is 1. The Morgan fingerprint density at radius 2 is 2.17 bits per heavy atom. The monoisotopic (exact) mass is 325 g/mol. The van der Waals surface area contributed by atoms with Crippen molar-refractivity contribution in [3.63, 3.8) is 0 Å². The lowest BCUT2D eigenvalue weighted by Crippen LogP contribution is -2.03. The summed E-state index contributed by atoms with van der Waals surface area (Å²) in [7, 11) is 0. The Labute approximate surface area is 115 Å². The van der Waals surface area contributed by atoms with Crippen molar-refractivity contribution in [1.82, 2.24) is 9.55 Å². The Kier molecular flexibility index (Phi) is 2.83. The molecule has 0 fully saturated rings. The molecular formula is C12H9BrFN3S. The lowest BCUT2D eigenvalue weighted by molar-refractivity contribution is 0.628. The van der Waals surface area contributed by atoms with Gasteiger partial charge in [0, 0.05) is 4.88 Å². The van der Waals surface area contributed by atoms with Crippen LogP contribution in [0, 0.1) is 5.82 Å². The normalized spacial score (nSPS) is 11.2. The Balaban J connectivity index is 2.10. The summed E-state index contributed by atoms with van der Waals surface area (Å²) in [4.78, 5) is 5.36. The third-order valence-electron chi connectivity index (χ3n) is 2.68. The predicted molar refractivity (Wildman–Crippen MR) is 75.2 cm³/mol. The van der Waals surface area contributed by atoms with Crippen molar-refractivity contribution in [1.29, 1.82) is 0 Å². The standard InChI is InChI=1S/C12H9BrFN3S/c13-11-4-2-8(18-11)6-17-10-5-7(14)1-3-9(10)16-12(17)15/h1-5H,6H2,(H2,15,16). The van der Waals surface area contributed by atoms with Crippen molar-refractivity contribution in [3.05, 3.63) is 44.8 Å². The van der Waals surface area contributed by atoms with Crippen LogP contribution in [0.2, 0.25) is 0 Å². The molecule has 2 aromatic heterocycles. The van der Waals surface area contributed by atoms with Crippen LogP contribution >= 0.6 is 27.3 Å². The van der Waals surface area contributed by atoms with Crippen molar-refractivity contribution >= 4 is 44.2 Å². The minimum absolute atomic E-state index is 0.281. The van der Waals surface area contributed by atoms with Crippen LogP contribution < -0.4 is 5.73 Å². The first kappa shape index (κ1) is 11.7. The Morgan fingerprint density at radius 3 is 2.89 bits per heavy atom. The van der Waals surface area contributed by atoms with Gasteiger partial charge in [-0.3, -0.25) is 0 Å². The van der Waals surface area contributed by atoms with Gasteiger partial charge in [0.05, 0.1) is 21.4 Å². The highest BCUT2D eigenvalue weighted by molar-refractivity contribution is 9.11. The molecule has 0 aliphatic rings. The van der Waals surface area contributed by atoms with E-state index in [4.69, 9.17) is 5.73 Å². The van der Waals surface area contributed by atoms with E-state index in [1.807, 2.05) is 16.7 Å². The third kappa shape index (κ3) is 2.02. The lowest BCUT2D eigenvalue weighted by atomic mass is 10.3. The number of rotatable bonds is 2. The van der Waals surface area contributed by atoms with E-state index in [1.54, 1.807) is 17.4 Å². The quantitative estimate of drug-likeness (QED) is 0.781. The van der Waals surface area contributed by atoms with Gasteiger partial charge < -0.3 is 10.3 Å². The second kappa shape index (κ2) is 4.37. The molecule has 0 amide bonds. The largest absolute Gasteiger partial charge is 0.369 e. The van der Waals surface area contributed by atoms with E-state index in [9.17, 15) is 4.39 Å². The van der Waals surface area contributed by atoms with Crippen molar-refractivity contribution in [3.8, 4) is 0 Å². The summed E-state index contributed by atoms with van der Waals surface area (Å²) < 4.78 is 16.2. The summed E-state index contributed by atoms with van der Waals surface area (Å²) in [5.74, 6) is 0.121. The summed E-state index contributed by atoms with van der Waals surface area (Å²) in [6.45, 7) is 0.599. The first-order valence-corrected chi connectivity index (χ1v) is 6.90. The fourth-order valence-corrected chi connectivity index (χ4v) is 3.35. The second-order valence-corrected chi connectivity index (χ2v) is 6.44. The lowest BCUT2D eigenvalue weighted by Gasteiger charge is -2.04. The van der Waals surface area contributed by atoms with Gasteiger partial charge in [-0.1, -0.05) is 0 Å². The predicted octanol–water partition coefficient (Wildman–Crippen LogP) is 3.63. The molecule has 2 heterocycles. The molecule has 0 unspecified atom stereocenters. The molecule has 2 N–H and O–H groups in total. The number of fused-ring (bicyclic) bond motifs is 1. The Bertz CT molecular complexity index is 719. The maximum absolute atomic E-state index is 13.3. The van der Waals surface area contributed by atoms with Crippen molar-refractivity contribution < 1.29 is 4.39 Å². The molecule has 0 spiro atoms. The number of nitrogens with zero attached hydrogens (tertiary/aromatic N) is 2. The average molecular weight is 326 g/mol. The third-order valence-corrected chi connectivity index (χ3v) is 4.29. The summed E-state index contributed by atoms with van der Waals surface area (Å²) in [5.41, 5.74) is 7.31. The van der Waals surface area contributed by atoms with Gasteiger partial charge in [0.25, 0.3) is 0 Å². The summed E-state index contributed by atoms with van der Waals surface area (Å²) >= 11 is 5.04. The molecule has 0 aliphatic heterocycles. The number of anilines is 1. The molecule has 0 saturated heterocycles. The molecule has 0 atom stereocenters. The molecule has 1 aromatic carbocycles. The molecule has 3 rings (SSSR count). The van der Waals surface area contributed by atoms with Gasteiger partial charge in [-0.05, 0) is 46.3 Å². The fourth-order valence-electron chi connectivity index (χ4n) is 1.87. The van der Waals surface area contributed by atoms with Crippen LogP contribution in [0.3, 0.4) is 0 Å². The van der Waals surface area contributed by atoms with Gasteiger partial charge in [-0.15, -0.1) is 11.3 Å². The number of hydrogen-bond donors (Lipinski definition) is 1. The first-order chi connectivity index (χ1) is 8.63. The fraction of sp³-hybridized carbons (Fsp3) is 0.0833. The number of hydrogen-bond acceptors (Lipinski definition) is 3. The van der Waals surface area contributed by atoms with Crippen LogP contribution in [0.15, 0.2) is 34.1 Å². The molecular weight excluding hydrogens is 317 g/mol. The number of halogens is 2. The highest BCUT2D eigenvalue weighted by atomic mass is 79.9. The van der Waals surface area contributed by atoms with E-state index in [2.05, 4.69) is 20.9 Å². The van der Waals surface area contributed by atoms with E-state index in [-0.39, 0.29) is 5.82 Å². The molecule has 0 aliphatic carbocycles. The summed E-state index contributed by atoms with van der Waals surface area (Å²) in [5, 5.41) is 0. The Hall–Kier alpha value is -1.40. The zero-order valence-corrected chi connectivity index (χ0v) is 11.6. The van der Waals surface area contributed by atoms with Gasteiger partial charge in [0.1, 0.15) is 5.82 Å². The van der Waals surface area contributed by atoms with Crippen LogP contribution in [0.5, 0.6) is 0 Å². The molecule has 3 nitrogen and oxygen atoms in total. The van der Waals surface area contributed by atoms with E-state index in [0.29, 0.717) is 18.0 Å². The number of thiophene rings is 1. The minimum atomic E-state index is -0.281. The minimum Gasteiger partial charge on any atom is -0.369 e. The molecule has 0 bridgehead atoms. The van der Waals surface area contributed by atoms with Gasteiger partial charge in [-0.2, -0.15) is 0 Å².